The number of carbonyl (C=O) groups is 1. The molecule has 0 saturated carbocycles. The van der Waals surface area contributed by atoms with Crippen LogP contribution in [0.25, 0.3) is 0 Å². The molecule has 1 aromatic heterocycles. The number of amides is 1. The van der Waals surface area contributed by atoms with Crippen molar-refractivity contribution in [2.24, 2.45) is 0 Å². The molecular formula is C16H20N4O3S. The molecule has 2 aromatic rings. The van der Waals surface area contributed by atoms with Crippen LogP contribution in [-0.4, -0.2) is 26.9 Å². The number of thioether (sulfide) groups is 1. The lowest BCUT2D eigenvalue weighted by Crippen LogP contribution is -2.21. The van der Waals surface area contributed by atoms with E-state index >= 15 is 0 Å². The van der Waals surface area contributed by atoms with Gasteiger partial charge in [-0.2, -0.15) is 16.9 Å². The zero-order valence-corrected chi connectivity index (χ0v) is 14.9. The van der Waals surface area contributed by atoms with Crippen LogP contribution in [0.15, 0.2) is 18.2 Å². The molecule has 1 amide bonds. The number of nitrogens with zero attached hydrogens (tertiary/aromatic N) is 3. The van der Waals surface area contributed by atoms with Gasteiger partial charge in [-0.25, -0.2) is 0 Å². The molecule has 0 fully saturated rings. The van der Waals surface area contributed by atoms with E-state index in [9.17, 15) is 14.9 Å². The molecule has 0 unspecified atom stereocenters. The molecule has 0 saturated heterocycles. The van der Waals surface area contributed by atoms with Crippen LogP contribution in [-0.2, 0) is 17.1 Å². The Morgan fingerprint density at radius 2 is 2.08 bits per heavy atom. The number of aryl methyl sites for hydroxylation is 1. The van der Waals surface area contributed by atoms with Crippen LogP contribution in [0.1, 0.15) is 22.5 Å². The molecule has 0 spiro atoms. The van der Waals surface area contributed by atoms with Crippen LogP contribution in [0.2, 0.25) is 0 Å². The molecule has 8 heteroatoms. The van der Waals surface area contributed by atoms with Gasteiger partial charge < -0.3 is 5.32 Å². The number of hydrogen-bond acceptors (Lipinski definition) is 5. The highest BCUT2D eigenvalue weighted by molar-refractivity contribution is 7.97. The Kier molecular flexibility index (Phi) is 5.61. The van der Waals surface area contributed by atoms with Crippen molar-refractivity contribution >= 4 is 29.0 Å². The Bertz CT molecular complexity index is 786. The van der Waals surface area contributed by atoms with Crippen molar-refractivity contribution in [2.75, 3.05) is 11.6 Å². The molecular weight excluding hydrogens is 328 g/mol. The summed E-state index contributed by atoms with van der Waals surface area (Å²) >= 11 is 1.72. The molecule has 0 aliphatic heterocycles. The van der Waals surface area contributed by atoms with E-state index in [0.29, 0.717) is 11.4 Å². The third kappa shape index (κ3) is 3.76. The molecule has 1 heterocycles. The third-order valence-corrected chi connectivity index (χ3v) is 4.44. The molecule has 24 heavy (non-hydrogen) atoms. The van der Waals surface area contributed by atoms with E-state index in [1.165, 1.54) is 10.2 Å². The smallest absolute Gasteiger partial charge is 0.312 e. The zero-order valence-electron chi connectivity index (χ0n) is 14.1. The summed E-state index contributed by atoms with van der Waals surface area (Å²) in [5, 5.41) is 18.0. The molecule has 7 nitrogen and oxygen atoms in total. The fourth-order valence-electron chi connectivity index (χ4n) is 2.56. The molecule has 2 rings (SSSR count). The number of benzene rings is 1. The fraction of sp³-hybridized carbons (Fsp3) is 0.375. The first-order chi connectivity index (χ1) is 11.3. The van der Waals surface area contributed by atoms with Gasteiger partial charge in [0.1, 0.15) is 17.9 Å². The third-order valence-electron chi connectivity index (χ3n) is 3.84. The number of aromatic nitrogens is 2. The van der Waals surface area contributed by atoms with Gasteiger partial charge in [-0.05, 0) is 44.2 Å². The van der Waals surface area contributed by atoms with Gasteiger partial charge in [0.2, 0.25) is 5.91 Å². The first-order valence-electron chi connectivity index (χ1n) is 7.40. The lowest BCUT2D eigenvalue weighted by molar-refractivity contribution is -0.386. The Morgan fingerprint density at radius 3 is 2.67 bits per heavy atom. The minimum absolute atomic E-state index is 0.0408. The van der Waals surface area contributed by atoms with Gasteiger partial charge in [0.05, 0.1) is 4.92 Å². The second-order valence-electron chi connectivity index (χ2n) is 5.51. The second-order valence-corrected chi connectivity index (χ2v) is 6.37. The van der Waals surface area contributed by atoms with Gasteiger partial charge in [0.15, 0.2) is 0 Å². The zero-order chi connectivity index (χ0) is 17.9. The van der Waals surface area contributed by atoms with Gasteiger partial charge in [-0.3, -0.25) is 19.6 Å². The maximum absolute atomic E-state index is 12.3. The van der Waals surface area contributed by atoms with Crippen LogP contribution in [0.3, 0.4) is 0 Å². The first kappa shape index (κ1) is 18.0. The highest BCUT2D eigenvalue weighted by atomic mass is 32.2. The quantitative estimate of drug-likeness (QED) is 0.639. The van der Waals surface area contributed by atoms with Crippen molar-refractivity contribution in [1.82, 2.24) is 9.78 Å². The van der Waals surface area contributed by atoms with E-state index in [1.807, 2.05) is 31.4 Å². The van der Waals surface area contributed by atoms with E-state index in [-0.39, 0.29) is 18.1 Å². The summed E-state index contributed by atoms with van der Waals surface area (Å²) in [5.41, 5.74) is 3.59. The van der Waals surface area contributed by atoms with Gasteiger partial charge in [-0.1, -0.05) is 12.1 Å². The minimum Gasteiger partial charge on any atom is -0.324 e. The number of hydrogen-bond donors (Lipinski definition) is 1. The summed E-state index contributed by atoms with van der Waals surface area (Å²) in [7, 11) is 0. The van der Waals surface area contributed by atoms with Gasteiger partial charge in [0, 0.05) is 11.4 Å². The molecule has 128 valence electrons. The Hall–Kier alpha value is -2.35. The van der Waals surface area contributed by atoms with Crippen molar-refractivity contribution in [2.45, 2.75) is 33.1 Å². The maximum Gasteiger partial charge on any atom is 0.312 e. The number of anilines is 1. The summed E-state index contributed by atoms with van der Waals surface area (Å²) in [6, 6.07) is 5.79. The van der Waals surface area contributed by atoms with Crippen molar-refractivity contribution < 1.29 is 9.72 Å². The Balaban J connectivity index is 2.16. The topological polar surface area (TPSA) is 90.1 Å². The molecule has 0 radical (unpaired) electrons. The largest absolute Gasteiger partial charge is 0.324 e. The highest BCUT2D eigenvalue weighted by Crippen LogP contribution is 2.23. The van der Waals surface area contributed by atoms with Crippen LogP contribution >= 0.6 is 11.8 Å². The van der Waals surface area contributed by atoms with Crippen molar-refractivity contribution in [3.05, 3.63) is 50.8 Å². The van der Waals surface area contributed by atoms with Gasteiger partial charge >= 0.3 is 5.69 Å². The monoisotopic (exact) mass is 348 g/mol. The summed E-state index contributed by atoms with van der Waals surface area (Å²) in [5.74, 6) is 0.610. The minimum atomic E-state index is -0.470. The van der Waals surface area contributed by atoms with Crippen LogP contribution in [0.5, 0.6) is 0 Å². The lowest BCUT2D eigenvalue weighted by Gasteiger charge is -2.12. The van der Waals surface area contributed by atoms with Gasteiger partial charge in [-0.15, -0.1) is 0 Å². The molecule has 0 aliphatic carbocycles. The SMILES string of the molecule is CSCc1cccc(NC(=O)Cn2nc(C)c([N+](=O)[O-])c2C)c1C. The van der Waals surface area contributed by atoms with Crippen molar-refractivity contribution in [3.8, 4) is 0 Å². The Morgan fingerprint density at radius 1 is 1.38 bits per heavy atom. The number of nitro groups is 1. The van der Waals surface area contributed by atoms with Gasteiger partial charge in [0.25, 0.3) is 0 Å². The fourth-order valence-corrected chi connectivity index (χ4v) is 3.19. The summed E-state index contributed by atoms with van der Waals surface area (Å²) in [6.07, 6.45) is 2.03. The maximum atomic E-state index is 12.3. The first-order valence-corrected chi connectivity index (χ1v) is 8.80. The number of nitrogens with one attached hydrogen (secondary N) is 1. The van der Waals surface area contributed by atoms with E-state index in [1.54, 1.807) is 25.6 Å². The summed E-state index contributed by atoms with van der Waals surface area (Å²) in [6.45, 7) is 5.06. The van der Waals surface area contributed by atoms with E-state index in [2.05, 4.69) is 10.4 Å². The van der Waals surface area contributed by atoms with E-state index in [4.69, 9.17) is 0 Å². The summed E-state index contributed by atoms with van der Waals surface area (Å²) < 4.78 is 1.36. The average Bonchev–Trinajstić information content (AvgIpc) is 2.77. The summed E-state index contributed by atoms with van der Waals surface area (Å²) in [4.78, 5) is 22.9. The lowest BCUT2D eigenvalue weighted by atomic mass is 10.1. The molecule has 0 aliphatic rings. The average molecular weight is 348 g/mol. The normalized spacial score (nSPS) is 10.7. The Labute approximate surface area is 144 Å². The predicted molar refractivity (Wildman–Crippen MR) is 95.4 cm³/mol. The standard InChI is InChI=1S/C16H20N4O3S/c1-10-13(9-24-4)6-5-7-14(10)17-15(21)8-19-12(3)16(20(22)23)11(2)18-19/h5-7H,8-9H2,1-4H3,(H,17,21). The molecule has 0 atom stereocenters. The predicted octanol–water partition coefficient (Wildman–Crippen LogP) is 3.22. The van der Waals surface area contributed by atoms with E-state index < -0.39 is 4.92 Å². The molecule has 0 bridgehead atoms. The van der Waals surface area contributed by atoms with Crippen LogP contribution in [0.4, 0.5) is 11.4 Å². The molecule has 1 N–H and O–H groups in total. The van der Waals surface area contributed by atoms with Crippen LogP contribution < -0.4 is 5.32 Å². The molecule has 1 aromatic carbocycles. The van der Waals surface area contributed by atoms with E-state index in [0.717, 1.165) is 17.0 Å². The number of carbonyl (C=O) groups excluding carboxylic acids is 1. The van der Waals surface area contributed by atoms with Crippen molar-refractivity contribution in [3.63, 3.8) is 0 Å². The van der Waals surface area contributed by atoms with Crippen LogP contribution in [0, 0.1) is 30.9 Å². The number of rotatable bonds is 6. The second kappa shape index (κ2) is 7.48. The highest BCUT2D eigenvalue weighted by Gasteiger charge is 2.22. The van der Waals surface area contributed by atoms with Crippen molar-refractivity contribution in [1.29, 1.82) is 0 Å².